The second kappa shape index (κ2) is 9.83. The molecule has 0 unspecified atom stereocenters. The molecule has 1 aliphatic heterocycles. The van der Waals surface area contributed by atoms with Gasteiger partial charge in [-0.05, 0) is 68.4 Å². The van der Waals surface area contributed by atoms with Crippen LogP contribution in [0.1, 0.15) is 44.1 Å². The first-order valence-electron chi connectivity index (χ1n) is 11.1. The number of hydrogen-bond acceptors (Lipinski definition) is 4. The van der Waals surface area contributed by atoms with Gasteiger partial charge in [-0.3, -0.25) is 4.79 Å². The first kappa shape index (κ1) is 21.8. The van der Waals surface area contributed by atoms with Crippen LogP contribution in [0.25, 0.3) is 0 Å². The Morgan fingerprint density at radius 3 is 2.23 bits per heavy atom. The van der Waals surface area contributed by atoms with Crippen LogP contribution in [0, 0.1) is 5.92 Å². The van der Waals surface area contributed by atoms with E-state index in [2.05, 4.69) is 5.32 Å². The lowest BCUT2D eigenvalue weighted by Gasteiger charge is -2.30. The Kier molecular flexibility index (Phi) is 6.92. The van der Waals surface area contributed by atoms with Gasteiger partial charge in [0, 0.05) is 24.7 Å². The molecule has 1 saturated carbocycles. The molecule has 0 atom stereocenters. The first-order valence-corrected chi connectivity index (χ1v) is 12.7. The second-order valence-electron chi connectivity index (χ2n) is 8.45. The average Bonchev–Trinajstić information content (AvgIpc) is 3.29. The predicted molar refractivity (Wildman–Crippen MR) is 121 cm³/mol. The SMILES string of the molecule is O=C(Nc1ccc(OC2CCCC2)cc1)C1CCN(S(=O)(=O)Cc2ccccc2)CC1. The molecular formula is C24H30N2O4S. The van der Waals surface area contributed by atoms with E-state index in [4.69, 9.17) is 4.74 Å². The maximum absolute atomic E-state index is 12.7. The number of amides is 1. The van der Waals surface area contributed by atoms with E-state index in [0.29, 0.717) is 32.0 Å². The number of rotatable bonds is 7. The molecule has 0 aromatic heterocycles. The van der Waals surface area contributed by atoms with Gasteiger partial charge in [0.2, 0.25) is 15.9 Å². The molecule has 1 aliphatic carbocycles. The van der Waals surface area contributed by atoms with Crippen molar-refractivity contribution in [2.24, 2.45) is 5.92 Å². The first-order chi connectivity index (χ1) is 15.0. The van der Waals surface area contributed by atoms with E-state index in [-0.39, 0.29) is 17.6 Å². The molecule has 2 aromatic carbocycles. The summed E-state index contributed by atoms with van der Waals surface area (Å²) >= 11 is 0. The standard InChI is InChI=1S/C24H30N2O4S/c27-24(25-21-10-12-23(13-11-21)30-22-8-4-5-9-22)20-14-16-26(17-15-20)31(28,29)18-19-6-2-1-3-7-19/h1-3,6-7,10-13,20,22H,4-5,8-9,14-18H2,(H,25,27). The number of piperidine rings is 1. The fourth-order valence-electron chi connectivity index (χ4n) is 4.33. The number of hydrogen-bond donors (Lipinski definition) is 1. The molecule has 4 rings (SSSR count). The van der Waals surface area contributed by atoms with Gasteiger partial charge in [0.1, 0.15) is 5.75 Å². The molecule has 31 heavy (non-hydrogen) atoms. The van der Waals surface area contributed by atoms with Crippen LogP contribution >= 0.6 is 0 Å². The van der Waals surface area contributed by atoms with Gasteiger partial charge in [-0.15, -0.1) is 0 Å². The lowest BCUT2D eigenvalue weighted by molar-refractivity contribution is -0.120. The number of carbonyl (C=O) groups excluding carboxylic acids is 1. The minimum Gasteiger partial charge on any atom is -0.490 e. The molecule has 7 heteroatoms. The summed E-state index contributed by atoms with van der Waals surface area (Å²) in [6.07, 6.45) is 6.04. The van der Waals surface area contributed by atoms with E-state index in [1.165, 1.54) is 17.1 Å². The summed E-state index contributed by atoms with van der Waals surface area (Å²) in [5.74, 6) is 0.601. The highest BCUT2D eigenvalue weighted by molar-refractivity contribution is 7.88. The van der Waals surface area contributed by atoms with Gasteiger partial charge in [0.15, 0.2) is 0 Å². The Hall–Kier alpha value is -2.38. The summed E-state index contributed by atoms with van der Waals surface area (Å²) < 4.78 is 32.9. The fourth-order valence-corrected chi connectivity index (χ4v) is 5.90. The molecule has 1 amide bonds. The summed E-state index contributed by atoms with van der Waals surface area (Å²) in [4.78, 5) is 12.7. The maximum Gasteiger partial charge on any atom is 0.227 e. The molecule has 1 heterocycles. The topological polar surface area (TPSA) is 75.7 Å². The van der Waals surface area contributed by atoms with Crippen molar-refractivity contribution >= 4 is 21.6 Å². The van der Waals surface area contributed by atoms with E-state index >= 15 is 0 Å². The minimum absolute atomic E-state index is 0.0000199. The summed E-state index contributed by atoms with van der Waals surface area (Å²) in [7, 11) is -3.37. The van der Waals surface area contributed by atoms with E-state index in [1.54, 1.807) is 0 Å². The van der Waals surface area contributed by atoms with E-state index in [0.717, 1.165) is 29.8 Å². The number of nitrogens with one attached hydrogen (secondary N) is 1. The van der Waals surface area contributed by atoms with Crippen LogP contribution in [-0.2, 0) is 20.6 Å². The van der Waals surface area contributed by atoms with E-state index in [1.807, 2.05) is 54.6 Å². The van der Waals surface area contributed by atoms with Crippen LogP contribution in [-0.4, -0.2) is 37.8 Å². The number of sulfonamides is 1. The van der Waals surface area contributed by atoms with Gasteiger partial charge in [-0.1, -0.05) is 30.3 Å². The number of benzene rings is 2. The van der Waals surface area contributed by atoms with Crippen molar-refractivity contribution in [2.45, 2.75) is 50.4 Å². The molecule has 0 bridgehead atoms. The molecule has 2 aliphatic rings. The summed E-state index contributed by atoms with van der Waals surface area (Å²) in [5.41, 5.74) is 1.52. The lowest BCUT2D eigenvalue weighted by atomic mass is 9.97. The fraction of sp³-hybridized carbons (Fsp3) is 0.458. The highest BCUT2D eigenvalue weighted by Crippen LogP contribution is 2.26. The predicted octanol–water partition coefficient (Wildman–Crippen LogP) is 4.19. The molecule has 2 aromatic rings. The van der Waals surface area contributed by atoms with Gasteiger partial charge in [-0.25, -0.2) is 12.7 Å². The normalized spacial score (nSPS) is 18.7. The van der Waals surface area contributed by atoms with Crippen LogP contribution in [0.4, 0.5) is 5.69 Å². The highest BCUT2D eigenvalue weighted by atomic mass is 32.2. The van der Waals surface area contributed by atoms with Crippen LogP contribution < -0.4 is 10.1 Å². The largest absolute Gasteiger partial charge is 0.490 e. The molecule has 1 N–H and O–H groups in total. The minimum atomic E-state index is -3.37. The van der Waals surface area contributed by atoms with Crippen molar-refractivity contribution in [3.8, 4) is 5.75 Å². The van der Waals surface area contributed by atoms with Crippen LogP contribution in [0.5, 0.6) is 5.75 Å². The molecular weight excluding hydrogens is 412 g/mol. The van der Waals surface area contributed by atoms with Crippen molar-refractivity contribution < 1.29 is 17.9 Å². The second-order valence-corrected chi connectivity index (χ2v) is 10.4. The third-order valence-corrected chi connectivity index (χ3v) is 7.99. The lowest BCUT2D eigenvalue weighted by Crippen LogP contribution is -2.41. The Bertz CT molecular complexity index is 962. The maximum atomic E-state index is 12.7. The molecule has 0 radical (unpaired) electrons. The van der Waals surface area contributed by atoms with Crippen molar-refractivity contribution in [3.05, 3.63) is 60.2 Å². The van der Waals surface area contributed by atoms with Crippen molar-refractivity contribution in [1.82, 2.24) is 4.31 Å². The van der Waals surface area contributed by atoms with E-state index < -0.39 is 10.0 Å². The quantitative estimate of drug-likeness (QED) is 0.698. The molecule has 1 saturated heterocycles. The third kappa shape index (κ3) is 5.86. The Balaban J connectivity index is 1.26. The van der Waals surface area contributed by atoms with Gasteiger partial charge in [0.05, 0.1) is 11.9 Å². The molecule has 6 nitrogen and oxygen atoms in total. The zero-order valence-corrected chi connectivity index (χ0v) is 18.5. The van der Waals surface area contributed by atoms with Crippen molar-refractivity contribution in [3.63, 3.8) is 0 Å². The van der Waals surface area contributed by atoms with Gasteiger partial charge in [-0.2, -0.15) is 0 Å². The average molecular weight is 443 g/mol. The highest BCUT2D eigenvalue weighted by Gasteiger charge is 2.31. The summed E-state index contributed by atoms with van der Waals surface area (Å²) in [5, 5.41) is 2.96. The van der Waals surface area contributed by atoms with Crippen molar-refractivity contribution in [2.75, 3.05) is 18.4 Å². The van der Waals surface area contributed by atoms with Crippen LogP contribution in [0.2, 0.25) is 0 Å². The zero-order chi connectivity index (χ0) is 21.7. The monoisotopic (exact) mass is 442 g/mol. The smallest absolute Gasteiger partial charge is 0.227 e. The summed E-state index contributed by atoms with van der Waals surface area (Å²) in [6, 6.07) is 16.7. The number of carbonyl (C=O) groups is 1. The van der Waals surface area contributed by atoms with E-state index in [9.17, 15) is 13.2 Å². The Labute approximate surface area is 184 Å². The molecule has 166 valence electrons. The van der Waals surface area contributed by atoms with Crippen molar-refractivity contribution in [1.29, 1.82) is 0 Å². The van der Waals surface area contributed by atoms with Crippen LogP contribution in [0.3, 0.4) is 0 Å². The van der Waals surface area contributed by atoms with Crippen LogP contribution in [0.15, 0.2) is 54.6 Å². The Morgan fingerprint density at radius 2 is 1.58 bits per heavy atom. The van der Waals surface area contributed by atoms with Gasteiger partial charge >= 0.3 is 0 Å². The zero-order valence-electron chi connectivity index (χ0n) is 17.7. The summed E-state index contributed by atoms with van der Waals surface area (Å²) in [6.45, 7) is 0.753. The number of anilines is 1. The molecule has 0 spiro atoms. The van der Waals surface area contributed by atoms with Gasteiger partial charge in [0.25, 0.3) is 0 Å². The molecule has 2 fully saturated rings. The number of ether oxygens (including phenoxy) is 1. The Morgan fingerprint density at radius 1 is 0.935 bits per heavy atom. The third-order valence-electron chi connectivity index (χ3n) is 6.14. The van der Waals surface area contributed by atoms with Gasteiger partial charge < -0.3 is 10.1 Å². The number of nitrogens with zero attached hydrogens (tertiary/aromatic N) is 1.